The van der Waals surface area contributed by atoms with Crippen molar-refractivity contribution >= 4 is 29.4 Å². The van der Waals surface area contributed by atoms with Gasteiger partial charge in [-0.15, -0.1) is 0 Å². The molecule has 0 aliphatic heterocycles. The molecule has 0 saturated carbocycles. The Kier molecular flexibility index (Phi) is 4.61. The first-order valence-corrected chi connectivity index (χ1v) is 5.14. The van der Waals surface area contributed by atoms with E-state index in [1.807, 2.05) is 0 Å². The SMILES string of the molecule is O=C(O)C[C@H](NC(=O)c1ccncc1Cl)C(=O)O. The fraction of sp³-hybridized carbons (Fsp3) is 0.200. The summed E-state index contributed by atoms with van der Waals surface area (Å²) in [4.78, 5) is 36.6. The third kappa shape index (κ3) is 3.70. The number of nitrogens with one attached hydrogen (secondary N) is 1. The van der Waals surface area contributed by atoms with Crippen LogP contribution < -0.4 is 5.32 Å². The first-order valence-electron chi connectivity index (χ1n) is 4.76. The smallest absolute Gasteiger partial charge is 0.326 e. The van der Waals surface area contributed by atoms with Gasteiger partial charge in [-0.1, -0.05) is 11.6 Å². The van der Waals surface area contributed by atoms with Crippen molar-refractivity contribution in [3.8, 4) is 0 Å². The van der Waals surface area contributed by atoms with Gasteiger partial charge in [0.25, 0.3) is 5.91 Å². The quantitative estimate of drug-likeness (QED) is 0.714. The largest absolute Gasteiger partial charge is 0.481 e. The molecule has 0 bridgehead atoms. The highest BCUT2D eigenvalue weighted by atomic mass is 35.5. The van der Waals surface area contributed by atoms with Gasteiger partial charge in [-0.2, -0.15) is 0 Å². The minimum absolute atomic E-state index is 0.0308. The standard InChI is InChI=1S/C10H9ClN2O5/c11-6-4-12-2-1-5(6)9(16)13-7(10(17)18)3-8(14)15/h1-2,4,7H,3H2,(H,13,16)(H,14,15)(H,17,18)/t7-/m0/s1. The van der Waals surface area contributed by atoms with Gasteiger partial charge in [0.15, 0.2) is 0 Å². The molecule has 0 aliphatic carbocycles. The third-order valence-electron chi connectivity index (χ3n) is 2.00. The summed E-state index contributed by atoms with van der Waals surface area (Å²) >= 11 is 5.70. The van der Waals surface area contributed by atoms with Crippen LogP contribution >= 0.6 is 11.6 Å². The van der Waals surface area contributed by atoms with Gasteiger partial charge in [0.1, 0.15) is 6.04 Å². The molecular formula is C10H9ClN2O5. The number of pyridine rings is 1. The second-order valence-electron chi connectivity index (χ2n) is 3.32. The lowest BCUT2D eigenvalue weighted by Crippen LogP contribution is -2.42. The van der Waals surface area contributed by atoms with E-state index in [2.05, 4.69) is 10.3 Å². The predicted molar refractivity (Wildman–Crippen MR) is 60.4 cm³/mol. The minimum atomic E-state index is -1.51. The number of halogens is 1. The van der Waals surface area contributed by atoms with Crippen LogP contribution in [0.3, 0.4) is 0 Å². The highest BCUT2D eigenvalue weighted by Gasteiger charge is 2.24. The Hall–Kier alpha value is -2.15. The van der Waals surface area contributed by atoms with Gasteiger partial charge in [0.2, 0.25) is 0 Å². The average molecular weight is 273 g/mol. The van der Waals surface area contributed by atoms with Crippen LogP contribution in [0.25, 0.3) is 0 Å². The van der Waals surface area contributed by atoms with Crippen molar-refractivity contribution in [1.29, 1.82) is 0 Å². The maximum Gasteiger partial charge on any atom is 0.326 e. The van der Waals surface area contributed by atoms with Crippen molar-refractivity contribution in [3.05, 3.63) is 29.0 Å². The molecule has 1 rings (SSSR count). The number of hydrogen-bond acceptors (Lipinski definition) is 4. The number of carbonyl (C=O) groups is 3. The summed E-state index contributed by atoms with van der Waals surface area (Å²) in [6.45, 7) is 0. The van der Waals surface area contributed by atoms with E-state index in [1.54, 1.807) is 0 Å². The van der Waals surface area contributed by atoms with Crippen LogP contribution in [0, 0.1) is 0 Å². The zero-order valence-corrected chi connectivity index (χ0v) is 9.72. The first kappa shape index (κ1) is 13.9. The van der Waals surface area contributed by atoms with E-state index < -0.39 is 30.3 Å². The van der Waals surface area contributed by atoms with Crippen molar-refractivity contribution in [1.82, 2.24) is 10.3 Å². The Labute approximate surface area is 106 Å². The number of amides is 1. The van der Waals surface area contributed by atoms with Crippen molar-refractivity contribution in [3.63, 3.8) is 0 Å². The van der Waals surface area contributed by atoms with Gasteiger partial charge < -0.3 is 15.5 Å². The van der Waals surface area contributed by atoms with Gasteiger partial charge in [-0.25, -0.2) is 4.79 Å². The van der Waals surface area contributed by atoms with Gasteiger partial charge in [0.05, 0.1) is 17.0 Å². The number of nitrogens with zero attached hydrogens (tertiary/aromatic N) is 1. The summed E-state index contributed by atoms with van der Waals surface area (Å²) in [6.07, 6.45) is 1.82. The van der Waals surface area contributed by atoms with Crippen LogP contribution in [0.5, 0.6) is 0 Å². The molecule has 0 radical (unpaired) electrons. The van der Waals surface area contributed by atoms with Gasteiger partial charge in [-0.3, -0.25) is 14.6 Å². The van der Waals surface area contributed by atoms with E-state index >= 15 is 0 Å². The Morgan fingerprint density at radius 1 is 1.39 bits per heavy atom. The molecule has 7 nitrogen and oxygen atoms in total. The van der Waals surface area contributed by atoms with Gasteiger partial charge in [-0.05, 0) is 6.07 Å². The highest BCUT2D eigenvalue weighted by Crippen LogP contribution is 2.13. The number of carboxylic acids is 2. The topological polar surface area (TPSA) is 117 Å². The molecule has 3 N–H and O–H groups in total. The Morgan fingerprint density at radius 3 is 2.56 bits per heavy atom. The third-order valence-corrected chi connectivity index (χ3v) is 2.30. The molecule has 8 heteroatoms. The average Bonchev–Trinajstić information content (AvgIpc) is 2.27. The molecule has 1 aromatic heterocycles. The summed E-state index contributed by atoms with van der Waals surface area (Å²) < 4.78 is 0. The minimum Gasteiger partial charge on any atom is -0.481 e. The van der Waals surface area contributed by atoms with Crippen molar-refractivity contribution < 1.29 is 24.6 Å². The summed E-state index contributed by atoms with van der Waals surface area (Å²) in [7, 11) is 0. The second-order valence-corrected chi connectivity index (χ2v) is 3.72. The van der Waals surface area contributed by atoms with E-state index in [4.69, 9.17) is 21.8 Å². The number of aromatic nitrogens is 1. The summed E-state index contributed by atoms with van der Waals surface area (Å²) in [6, 6.07) is -0.212. The maximum absolute atomic E-state index is 11.7. The number of carbonyl (C=O) groups excluding carboxylic acids is 1. The Morgan fingerprint density at radius 2 is 2.06 bits per heavy atom. The lowest BCUT2D eigenvalue weighted by Gasteiger charge is -2.12. The summed E-state index contributed by atoms with van der Waals surface area (Å²) in [5.41, 5.74) is 0.0308. The second kappa shape index (κ2) is 5.97. The molecule has 1 heterocycles. The number of aliphatic carboxylic acids is 2. The van der Waals surface area contributed by atoms with E-state index in [1.165, 1.54) is 18.5 Å². The molecule has 0 saturated heterocycles. The predicted octanol–water partition coefficient (Wildman–Crippen LogP) is 0.393. The lowest BCUT2D eigenvalue weighted by molar-refractivity contribution is -0.145. The lowest BCUT2D eigenvalue weighted by atomic mass is 10.2. The molecule has 0 aliphatic rings. The molecule has 1 amide bonds. The van der Waals surface area contributed by atoms with Crippen LogP contribution in [0.4, 0.5) is 0 Å². The molecular weight excluding hydrogens is 264 g/mol. The number of hydrogen-bond donors (Lipinski definition) is 3. The van der Waals surface area contributed by atoms with Crippen molar-refractivity contribution in [2.45, 2.75) is 12.5 Å². The summed E-state index contributed by atoms with van der Waals surface area (Å²) in [5, 5.41) is 19.4. The fourth-order valence-corrected chi connectivity index (χ4v) is 1.38. The zero-order valence-electron chi connectivity index (χ0n) is 8.96. The normalized spacial score (nSPS) is 11.6. The Bertz CT molecular complexity index is 491. The highest BCUT2D eigenvalue weighted by molar-refractivity contribution is 6.33. The van der Waals surface area contributed by atoms with E-state index in [0.717, 1.165) is 0 Å². The molecule has 1 atom stereocenters. The van der Waals surface area contributed by atoms with Crippen molar-refractivity contribution in [2.24, 2.45) is 0 Å². The van der Waals surface area contributed by atoms with Crippen LogP contribution in [0.1, 0.15) is 16.8 Å². The van der Waals surface area contributed by atoms with Crippen molar-refractivity contribution in [2.75, 3.05) is 0 Å². The maximum atomic E-state index is 11.7. The summed E-state index contributed by atoms with van der Waals surface area (Å²) in [5.74, 6) is -3.53. The zero-order chi connectivity index (χ0) is 13.7. The van der Waals surface area contributed by atoms with Crippen LogP contribution in [-0.4, -0.2) is 39.1 Å². The molecule has 0 fully saturated rings. The molecule has 0 unspecified atom stereocenters. The fourth-order valence-electron chi connectivity index (χ4n) is 1.17. The number of rotatable bonds is 5. The van der Waals surface area contributed by atoms with E-state index in [-0.39, 0.29) is 10.6 Å². The number of carboxylic acid groups (broad SMARTS) is 2. The molecule has 96 valence electrons. The first-order chi connectivity index (χ1) is 8.41. The van der Waals surface area contributed by atoms with E-state index in [0.29, 0.717) is 0 Å². The van der Waals surface area contributed by atoms with Crippen LogP contribution in [-0.2, 0) is 9.59 Å². The Balaban J connectivity index is 2.82. The molecule has 18 heavy (non-hydrogen) atoms. The van der Waals surface area contributed by atoms with Crippen LogP contribution in [0.2, 0.25) is 5.02 Å². The molecule has 1 aromatic rings. The monoisotopic (exact) mass is 272 g/mol. The van der Waals surface area contributed by atoms with Crippen LogP contribution in [0.15, 0.2) is 18.5 Å². The molecule has 0 aromatic carbocycles. The van der Waals surface area contributed by atoms with Gasteiger partial charge in [0, 0.05) is 12.4 Å². The van der Waals surface area contributed by atoms with E-state index in [9.17, 15) is 14.4 Å². The van der Waals surface area contributed by atoms with Gasteiger partial charge >= 0.3 is 11.9 Å². The molecule has 0 spiro atoms.